The molecule has 26 heavy (non-hydrogen) atoms. The number of hydrogen-bond donors (Lipinski definition) is 2. The third kappa shape index (κ3) is 6.40. The Morgan fingerprint density at radius 3 is 2.54 bits per heavy atom. The molecule has 2 aromatic rings. The first-order chi connectivity index (χ1) is 12.2. The fourth-order valence-electron chi connectivity index (χ4n) is 2.28. The summed E-state index contributed by atoms with van der Waals surface area (Å²) < 4.78 is 41.2. The Bertz CT molecular complexity index is 748. The van der Waals surface area contributed by atoms with Crippen LogP contribution in [0.3, 0.4) is 0 Å². The molecule has 9 heteroatoms. The van der Waals surface area contributed by atoms with Crippen molar-refractivity contribution in [1.29, 1.82) is 0 Å². The smallest absolute Gasteiger partial charge is 0.405 e. The monoisotopic (exact) mass is 386 g/mol. The van der Waals surface area contributed by atoms with Gasteiger partial charge < -0.3 is 15.4 Å². The third-order valence-corrected chi connectivity index (χ3v) is 4.31. The van der Waals surface area contributed by atoms with E-state index in [1.165, 1.54) is 36.5 Å². The van der Waals surface area contributed by atoms with Crippen LogP contribution in [-0.2, 0) is 16.1 Å². The van der Waals surface area contributed by atoms with Gasteiger partial charge in [0, 0.05) is 23.9 Å². The molecule has 2 amide bonds. The van der Waals surface area contributed by atoms with Gasteiger partial charge in [0.15, 0.2) is 0 Å². The average molecular weight is 386 g/mol. The molecule has 1 atom stereocenters. The Morgan fingerprint density at radius 2 is 1.92 bits per heavy atom. The van der Waals surface area contributed by atoms with E-state index in [9.17, 15) is 22.8 Å². The Balaban J connectivity index is 1.99. The molecule has 140 valence electrons. The van der Waals surface area contributed by atoms with Crippen LogP contribution in [-0.4, -0.2) is 18.2 Å². The number of rotatable bonds is 7. The van der Waals surface area contributed by atoms with Gasteiger partial charge in [-0.25, -0.2) is 0 Å². The first-order valence-electron chi connectivity index (χ1n) is 7.65. The number of benzene rings is 1. The predicted molar refractivity (Wildman–Crippen MR) is 90.5 cm³/mol. The fourth-order valence-corrected chi connectivity index (χ4v) is 3.06. The van der Waals surface area contributed by atoms with Crippen LogP contribution in [0.2, 0.25) is 0 Å². The third-order valence-electron chi connectivity index (χ3n) is 3.33. The van der Waals surface area contributed by atoms with Crippen molar-refractivity contribution in [3.05, 3.63) is 52.2 Å². The number of amides is 2. The summed E-state index contributed by atoms with van der Waals surface area (Å²) in [7, 11) is 0. The van der Waals surface area contributed by atoms with Crippen LogP contribution >= 0.6 is 11.3 Å². The van der Waals surface area contributed by atoms with Crippen LogP contribution < -0.4 is 15.4 Å². The lowest BCUT2D eigenvalue weighted by molar-refractivity contribution is -0.274. The number of para-hydroxylation sites is 1. The van der Waals surface area contributed by atoms with E-state index in [2.05, 4.69) is 15.4 Å². The summed E-state index contributed by atoms with van der Waals surface area (Å²) in [6, 6.07) is 8.69. The zero-order valence-corrected chi connectivity index (χ0v) is 14.6. The summed E-state index contributed by atoms with van der Waals surface area (Å²) in [5.74, 6) is -1.05. The van der Waals surface area contributed by atoms with Crippen LogP contribution in [0, 0.1) is 0 Å². The highest BCUT2D eigenvalue weighted by Gasteiger charge is 2.32. The molecule has 0 saturated carbocycles. The minimum absolute atomic E-state index is 0.0254. The Kier molecular flexibility index (Phi) is 6.62. The van der Waals surface area contributed by atoms with Crippen molar-refractivity contribution in [2.24, 2.45) is 0 Å². The molecule has 1 aromatic carbocycles. The molecule has 2 rings (SSSR count). The molecule has 0 unspecified atom stereocenters. The van der Waals surface area contributed by atoms with E-state index >= 15 is 0 Å². The second-order valence-corrected chi connectivity index (χ2v) is 6.38. The van der Waals surface area contributed by atoms with Gasteiger partial charge in [-0.1, -0.05) is 24.3 Å². The molecule has 0 bridgehead atoms. The van der Waals surface area contributed by atoms with Gasteiger partial charge in [-0.2, -0.15) is 0 Å². The van der Waals surface area contributed by atoms with E-state index in [1.807, 2.05) is 5.38 Å². The van der Waals surface area contributed by atoms with Gasteiger partial charge in [-0.3, -0.25) is 9.59 Å². The molecule has 0 aliphatic heterocycles. The maximum Gasteiger partial charge on any atom is 0.573 e. The molecule has 2 N–H and O–H groups in total. The highest BCUT2D eigenvalue weighted by atomic mass is 32.1. The second kappa shape index (κ2) is 8.70. The lowest BCUT2D eigenvalue weighted by Gasteiger charge is -2.17. The topological polar surface area (TPSA) is 67.4 Å². The quantitative estimate of drug-likeness (QED) is 0.765. The van der Waals surface area contributed by atoms with Crippen molar-refractivity contribution in [1.82, 2.24) is 10.6 Å². The minimum Gasteiger partial charge on any atom is -0.405 e. The van der Waals surface area contributed by atoms with Crippen LogP contribution in [0.25, 0.3) is 0 Å². The van der Waals surface area contributed by atoms with E-state index in [1.54, 1.807) is 18.2 Å². The summed E-state index contributed by atoms with van der Waals surface area (Å²) in [6.07, 6.45) is -4.84. The number of halogens is 3. The van der Waals surface area contributed by atoms with Crippen molar-refractivity contribution >= 4 is 23.2 Å². The van der Waals surface area contributed by atoms with Gasteiger partial charge in [-0.05, 0) is 17.5 Å². The Hall–Kier alpha value is -2.55. The van der Waals surface area contributed by atoms with Crippen molar-refractivity contribution < 1.29 is 27.5 Å². The molecule has 0 aliphatic carbocycles. The highest BCUT2D eigenvalue weighted by Crippen LogP contribution is 2.26. The molecule has 1 heterocycles. The van der Waals surface area contributed by atoms with E-state index in [0.717, 1.165) is 4.88 Å². The van der Waals surface area contributed by atoms with Crippen molar-refractivity contribution in [2.75, 3.05) is 0 Å². The Labute approximate surface area is 152 Å². The van der Waals surface area contributed by atoms with Gasteiger partial charge in [-0.15, -0.1) is 24.5 Å². The number of alkyl halides is 3. The van der Waals surface area contributed by atoms with Gasteiger partial charge >= 0.3 is 6.36 Å². The van der Waals surface area contributed by atoms with Gasteiger partial charge in [0.2, 0.25) is 11.8 Å². The fraction of sp³-hybridized carbons (Fsp3) is 0.294. The van der Waals surface area contributed by atoms with Crippen LogP contribution in [0.4, 0.5) is 13.2 Å². The molecule has 5 nitrogen and oxygen atoms in total. The van der Waals surface area contributed by atoms with Crippen molar-refractivity contribution in [2.45, 2.75) is 32.3 Å². The molecule has 0 aliphatic rings. The molecule has 0 spiro atoms. The number of ether oxygens (including phenoxy) is 1. The normalized spacial score (nSPS) is 12.3. The lowest BCUT2D eigenvalue weighted by Crippen LogP contribution is -2.32. The standard InChI is InChI=1S/C17H17F3N2O3S/c1-11(23)22-13(15-7-4-8-26-15)9-16(24)21-10-12-5-2-3-6-14(12)25-17(18,19)20/h2-8,13H,9-10H2,1H3,(H,21,24)(H,22,23)/t13-/m0/s1. The summed E-state index contributed by atoms with van der Waals surface area (Å²) in [6.45, 7) is 1.23. The zero-order chi connectivity index (χ0) is 19.2. The van der Waals surface area contributed by atoms with Gasteiger partial charge in [0.25, 0.3) is 0 Å². The van der Waals surface area contributed by atoms with Gasteiger partial charge in [0.05, 0.1) is 12.5 Å². The summed E-state index contributed by atoms with van der Waals surface area (Å²) >= 11 is 1.40. The maximum absolute atomic E-state index is 12.4. The number of thiophene rings is 1. The van der Waals surface area contributed by atoms with Gasteiger partial charge in [0.1, 0.15) is 5.75 Å². The van der Waals surface area contributed by atoms with E-state index < -0.39 is 18.3 Å². The summed E-state index contributed by atoms with van der Waals surface area (Å²) in [5.41, 5.74) is 0.199. The number of carbonyl (C=O) groups excluding carboxylic acids is 2. The van der Waals surface area contributed by atoms with Crippen LogP contribution in [0.5, 0.6) is 5.75 Å². The molecule has 1 aromatic heterocycles. The van der Waals surface area contributed by atoms with E-state index in [0.29, 0.717) is 0 Å². The molecule has 0 radical (unpaired) electrons. The average Bonchev–Trinajstić information content (AvgIpc) is 3.06. The number of hydrogen-bond acceptors (Lipinski definition) is 4. The highest BCUT2D eigenvalue weighted by molar-refractivity contribution is 7.10. The summed E-state index contributed by atoms with van der Waals surface area (Å²) in [5, 5.41) is 7.08. The van der Waals surface area contributed by atoms with Crippen LogP contribution in [0.1, 0.15) is 29.8 Å². The molecular formula is C17H17F3N2O3S. The van der Waals surface area contributed by atoms with Crippen molar-refractivity contribution in [3.63, 3.8) is 0 Å². The molecule has 0 fully saturated rings. The number of carbonyl (C=O) groups is 2. The number of nitrogens with one attached hydrogen (secondary N) is 2. The van der Waals surface area contributed by atoms with Crippen LogP contribution in [0.15, 0.2) is 41.8 Å². The molecule has 0 saturated heterocycles. The largest absolute Gasteiger partial charge is 0.573 e. The lowest BCUT2D eigenvalue weighted by atomic mass is 10.1. The minimum atomic E-state index is -4.81. The second-order valence-electron chi connectivity index (χ2n) is 5.40. The Morgan fingerprint density at radius 1 is 1.19 bits per heavy atom. The van der Waals surface area contributed by atoms with E-state index in [-0.39, 0.29) is 30.2 Å². The van der Waals surface area contributed by atoms with Crippen molar-refractivity contribution in [3.8, 4) is 5.75 Å². The maximum atomic E-state index is 12.4. The first kappa shape index (κ1) is 19.8. The predicted octanol–water partition coefficient (Wildman–Crippen LogP) is 3.53. The zero-order valence-electron chi connectivity index (χ0n) is 13.8. The summed E-state index contributed by atoms with van der Waals surface area (Å²) in [4.78, 5) is 24.3. The molecular weight excluding hydrogens is 369 g/mol. The SMILES string of the molecule is CC(=O)N[C@@H](CC(=O)NCc1ccccc1OC(F)(F)F)c1cccs1. The van der Waals surface area contributed by atoms with E-state index in [4.69, 9.17) is 0 Å². The first-order valence-corrected chi connectivity index (χ1v) is 8.53.